The Labute approximate surface area is 102 Å². The van der Waals surface area contributed by atoms with Crippen LogP contribution in [0.15, 0.2) is 0 Å². The third-order valence-electron chi connectivity index (χ3n) is 2.77. The van der Waals surface area contributed by atoms with Crippen LogP contribution in [0.3, 0.4) is 0 Å². The first kappa shape index (κ1) is 14.0. The van der Waals surface area contributed by atoms with Crippen LogP contribution in [-0.2, 0) is 14.3 Å². The summed E-state index contributed by atoms with van der Waals surface area (Å²) < 4.78 is 4.94. The summed E-state index contributed by atoms with van der Waals surface area (Å²) in [4.78, 5) is 24.5. The third kappa shape index (κ3) is 6.26. The predicted molar refractivity (Wildman–Crippen MR) is 64.5 cm³/mol. The fourth-order valence-corrected chi connectivity index (χ4v) is 1.59. The van der Waals surface area contributed by atoms with Crippen LogP contribution in [0.4, 0.5) is 0 Å². The minimum absolute atomic E-state index is 0.0142. The quantitative estimate of drug-likeness (QED) is 0.632. The summed E-state index contributed by atoms with van der Waals surface area (Å²) in [6.07, 6.45) is 3.38. The minimum atomic E-state index is 0.0142. The number of amides is 2. The van der Waals surface area contributed by atoms with E-state index in [9.17, 15) is 9.59 Å². The van der Waals surface area contributed by atoms with E-state index < -0.39 is 0 Å². The maximum Gasteiger partial charge on any atom is 0.221 e. The van der Waals surface area contributed by atoms with Crippen LogP contribution in [0.25, 0.3) is 0 Å². The molecule has 0 heterocycles. The van der Waals surface area contributed by atoms with Gasteiger partial charge in [-0.05, 0) is 19.3 Å². The second-order valence-electron chi connectivity index (χ2n) is 4.44. The van der Waals surface area contributed by atoms with E-state index in [-0.39, 0.29) is 11.8 Å². The van der Waals surface area contributed by atoms with Crippen molar-refractivity contribution in [1.29, 1.82) is 0 Å². The van der Waals surface area contributed by atoms with Gasteiger partial charge in [-0.2, -0.15) is 0 Å². The van der Waals surface area contributed by atoms with Crippen molar-refractivity contribution in [3.05, 3.63) is 0 Å². The Balaban J connectivity index is 2.17. The van der Waals surface area contributed by atoms with Gasteiger partial charge in [0.15, 0.2) is 0 Å². The van der Waals surface area contributed by atoms with Crippen molar-refractivity contribution >= 4 is 11.8 Å². The van der Waals surface area contributed by atoms with Crippen LogP contribution in [0, 0.1) is 0 Å². The van der Waals surface area contributed by atoms with Gasteiger partial charge in [0, 0.05) is 46.2 Å². The highest BCUT2D eigenvalue weighted by molar-refractivity contribution is 5.78. The van der Waals surface area contributed by atoms with Crippen molar-refractivity contribution in [2.24, 2.45) is 0 Å². The Hall–Kier alpha value is -1.10. The van der Waals surface area contributed by atoms with Crippen molar-refractivity contribution in [1.82, 2.24) is 10.2 Å². The average molecular weight is 242 g/mol. The average Bonchev–Trinajstić information content (AvgIpc) is 3.06. The summed E-state index contributed by atoms with van der Waals surface area (Å²) in [5.41, 5.74) is 0. The molecule has 17 heavy (non-hydrogen) atoms. The first-order valence-corrected chi connectivity index (χ1v) is 6.17. The van der Waals surface area contributed by atoms with E-state index in [0.717, 1.165) is 19.3 Å². The van der Waals surface area contributed by atoms with E-state index in [1.54, 1.807) is 12.0 Å². The number of hydrogen-bond acceptors (Lipinski definition) is 3. The van der Waals surface area contributed by atoms with Crippen LogP contribution in [0.1, 0.15) is 32.6 Å². The molecule has 1 aliphatic carbocycles. The molecule has 98 valence electrons. The second kappa shape index (κ2) is 7.27. The van der Waals surface area contributed by atoms with Crippen molar-refractivity contribution < 1.29 is 14.3 Å². The van der Waals surface area contributed by atoms with Gasteiger partial charge in [-0.15, -0.1) is 0 Å². The molecule has 0 unspecified atom stereocenters. The van der Waals surface area contributed by atoms with Gasteiger partial charge < -0.3 is 15.0 Å². The Morgan fingerprint density at radius 3 is 2.59 bits per heavy atom. The smallest absolute Gasteiger partial charge is 0.221 e. The summed E-state index contributed by atoms with van der Waals surface area (Å²) in [6, 6.07) is 0.391. The Morgan fingerprint density at radius 2 is 2.06 bits per heavy atom. The first-order valence-electron chi connectivity index (χ1n) is 6.17. The van der Waals surface area contributed by atoms with Gasteiger partial charge in [-0.25, -0.2) is 0 Å². The van der Waals surface area contributed by atoms with E-state index in [4.69, 9.17) is 4.74 Å². The second-order valence-corrected chi connectivity index (χ2v) is 4.44. The molecule has 1 aliphatic rings. The fraction of sp³-hybridized carbons (Fsp3) is 0.833. The lowest BCUT2D eigenvalue weighted by molar-refractivity contribution is -0.129. The van der Waals surface area contributed by atoms with Gasteiger partial charge in [-0.1, -0.05) is 0 Å². The molecule has 0 aromatic rings. The van der Waals surface area contributed by atoms with Crippen LogP contribution in [0.5, 0.6) is 0 Å². The molecule has 0 bridgehead atoms. The Kier molecular flexibility index (Phi) is 5.97. The zero-order valence-corrected chi connectivity index (χ0v) is 10.7. The topological polar surface area (TPSA) is 58.6 Å². The van der Waals surface area contributed by atoms with Crippen molar-refractivity contribution in [3.63, 3.8) is 0 Å². The summed E-state index contributed by atoms with van der Waals surface area (Å²) in [7, 11) is 1.64. The molecule has 0 spiro atoms. The van der Waals surface area contributed by atoms with E-state index in [1.807, 2.05) is 0 Å². The van der Waals surface area contributed by atoms with E-state index in [2.05, 4.69) is 5.32 Å². The largest absolute Gasteiger partial charge is 0.385 e. The summed E-state index contributed by atoms with van der Waals surface area (Å²) in [5, 5.41) is 2.91. The number of rotatable bonds is 8. The molecule has 0 radical (unpaired) electrons. The summed E-state index contributed by atoms with van der Waals surface area (Å²) in [6.45, 7) is 3.32. The molecular weight excluding hydrogens is 220 g/mol. The number of nitrogens with zero attached hydrogens (tertiary/aromatic N) is 1. The highest BCUT2D eigenvalue weighted by Crippen LogP contribution is 2.18. The monoisotopic (exact) mass is 242 g/mol. The van der Waals surface area contributed by atoms with Crippen molar-refractivity contribution in [2.75, 3.05) is 26.8 Å². The fourth-order valence-electron chi connectivity index (χ4n) is 1.59. The number of carbonyl (C=O) groups excluding carboxylic acids is 2. The lowest BCUT2D eigenvalue weighted by Gasteiger charge is -2.20. The van der Waals surface area contributed by atoms with Crippen molar-refractivity contribution in [2.45, 2.75) is 38.6 Å². The zero-order chi connectivity index (χ0) is 12.7. The normalized spacial score (nSPS) is 14.5. The summed E-state index contributed by atoms with van der Waals surface area (Å²) >= 11 is 0. The standard InChI is InChI=1S/C12H22N2O3/c1-10(15)14(7-3-9-17-2)8-6-12(16)13-11-4-5-11/h11H,3-9H2,1-2H3,(H,13,16). The van der Waals surface area contributed by atoms with E-state index >= 15 is 0 Å². The molecule has 5 heteroatoms. The first-order chi connectivity index (χ1) is 8.13. The van der Waals surface area contributed by atoms with Gasteiger partial charge in [0.1, 0.15) is 0 Å². The highest BCUT2D eigenvalue weighted by Gasteiger charge is 2.23. The number of carbonyl (C=O) groups is 2. The predicted octanol–water partition coefficient (Wildman–Crippen LogP) is 0.540. The van der Waals surface area contributed by atoms with Gasteiger partial charge in [0.25, 0.3) is 0 Å². The number of methoxy groups -OCH3 is 1. The Morgan fingerprint density at radius 1 is 1.35 bits per heavy atom. The molecular formula is C12H22N2O3. The van der Waals surface area contributed by atoms with Crippen LogP contribution in [-0.4, -0.2) is 49.6 Å². The van der Waals surface area contributed by atoms with Crippen LogP contribution >= 0.6 is 0 Å². The minimum Gasteiger partial charge on any atom is -0.385 e. The maximum absolute atomic E-state index is 11.5. The molecule has 2 amide bonds. The lowest BCUT2D eigenvalue weighted by Crippen LogP contribution is -2.35. The van der Waals surface area contributed by atoms with Crippen LogP contribution < -0.4 is 5.32 Å². The molecule has 0 saturated heterocycles. The van der Waals surface area contributed by atoms with Gasteiger partial charge in [-0.3, -0.25) is 9.59 Å². The molecule has 0 aromatic carbocycles. The SMILES string of the molecule is COCCCN(CCC(=O)NC1CC1)C(C)=O. The summed E-state index contributed by atoms with van der Waals surface area (Å²) in [5.74, 6) is 0.0609. The highest BCUT2D eigenvalue weighted by atomic mass is 16.5. The lowest BCUT2D eigenvalue weighted by atomic mass is 10.3. The molecule has 5 nitrogen and oxygen atoms in total. The molecule has 1 N–H and O–H groups in total. The zero-order valence-electron chi connectivity index (χ0n) is 10.7. The molecule has 1 rings (SSSR count). The molecule has 0 aromatic heterocycles. The molecule has 0 aliphatic heterocycles. The number of ether oxygens (including phenoxy) is 1. The number of nitrogens with one attached hydrogen (secondary N) is 1. The Bertz CT molecular complexity index is 264. The third-order valence-corrected chi connectivity index (χ3v) is 2.77. The maximum atomic E-state index is 11.5. The molecule has 1 fully saturated rings. The van der Waals surface area contributed by atoms with Crippen molar-refractivity contribution in [3.8, 4) is 0 Å². The van der Waals surface area contributed by atoms with Gasteiger partial charge in [0.2, 0.25) is 11.8 Å². The van der Waals surface area contributed by atoms with E-state index in [1.165, 1.54) is 6.92 Å². The van der Waals surface area contributed by atoms with E-state index in [0.29, 0.717) is 32.2 Å². The van der Waals surface area contributed by atoms with Gasteiger partial charge >= 0.3 is 0 Å². The van der Waals surface area contributed by atoms with Crippen LogP contribution in [0.2, 0.25) is 0 Å². The van der Waals surface area contributed by atoms with Gasteiger partial charge in [0.05, 0.1) is 0 Å². The number of hydrogen-bond donors (Lipinski definition) is 1. The molecule has 0 atom stereocenters. The molecule has 1 saturated carbocycles.